The van der Waals surface area contributed by atoms with E-state index >= 15 is 0 Å². The Morgan fingerprint density at radius 3 is 1.94 bits per heavy atom. The van der Waals surface area contributed by atoms with Crippen LogP contribution in [0.3, 0.4) is 0 Å². The van der Waals surface area contributed by atoms with Crippen molar-refractivity contribution in [1.82, 2.24) is 4.31 Å². The molecule has 1 aliphatic heterocycles. The molecule has 0 aliphatic carbocycles. The zero-order valence-corrected chi connectivity index (χ0v) is 18.9. The third-order valence-electron chi connectivity index (χ3n) is 5.48. The molecule has 2 N–H and O–H groups in total. The summed E-state index contributed by atoms with van der Waals surface area (Å²) in [5.41, 5.74) is 1.73. The minimum absolute atomic E-state index is 0.0849. The lowest BCUT2D eigenvalue weighted by molar-refractivity contribution is -0.121. The highest BCUT2D eigenvalue weighted by Crippen LogP contribution is 2.25. The Morgan fingerprint density at radius 1 is 0.906 bits per heavy atom. The van der Waals surface area contributed by atoms with Crippen molar-refractivity contribution in [2.75, 3.05) is 23.7 Å². The van der Waals surface area contributed by atoms with Gasteiger partial charge in [-0.2, -0.15) is 4.31 Å². The molecule has 0 bridgehead atoms. The van der Waals surface area contributed by atoms with E-state index in [9.17, 15) is 22.8 Å². The zero-order chi connectivity index (χ0) is 23.3. The number of carbonyl (C=O) groups excluding carboxylic acids is 3. The quantitative estimate of drug-likeness (QED) is 0.620. The normalized spacial score (nSPS) is 15.2. The molecule has 2 aromatic carbocycles. The Morgan fingerprint density at radius 2 is 1.44 bits per heavy atom. The average Bonchev–Trinajstić information content (AvgIpc) is 2.80. The van der Waals surface area contributed by atoms with Gasteiger partial charge >= 0.3 is 0 Å². The van der Waals surface area contributed by atoms with Gasteiger partial charge in [0.1, 0.15) is 0 Å². The first-order valence-corrected chi connectivity index (χ1v) is 12.0. The molecule has 2 aromatic rings. The molecule has 3 rings (SSSR count). The number of ketones is 1. The van der Waals surface area contributed by atoms with Crippen molar-refractivity contribution in [3.8, 4) is 0 Å². The predicted octanol–water partition coefficient (Wildman–Crippen LogP) is 3.28. The number of piperidine rings is 1. The third kappa shape index (κ3) is 5.60. The van der Waals surface area contributed by atoms with Crippen molar-refractivity contribution in [1.29, 1.82) is 0 Å². The molecule has 0 atom stereocenters. The Hall–Kier alpha value is -3.04. The van der Waals surface area contributed by atoms with E-state index in [-0.39, 0.29) is 41.5 Å². The zero-order valence-electron chi connectivity index (χ0n) is 18.1. The van der Waals surface area contributed by atoms with Crippen LogP contribution in [0, 0.1) is 5.92 Å². The Balaban J connectivity index is 1.56. The van der Waals surface area contributed by atoms with Crippen LogP contribution < -0.4 is 10.6 Å². The fraction of sp³-hybridized carbons (Fsp3) is 0.348. The molecule has 1 saturated heterocycles. The second kappa shape index (κ2) is 10.1. The second-order valence-corrected chi connectivity index (χ2v) is 9.67. The maximum absolute atomic E-state index is 12.9. The molecule has 0 saturated carbocycles. The summed E-state index contributed by atoms with van der Waals surface area (Å²) in [6.45, 7) is 3.69. The molecule has 1 fully saturated rings. The van der Waals surface area contributed by atoms with E-state index in [0.29, 0.717) is 36.2 Å². The molecule has 0 aromatic heterocycles. The Labute approximate surface area is 188 Å². The van der Waals surface area contributed by atoms with Gasteiger partial charge in [0.25, 0.3) is 0 Å². The number of nitrogens with one attached hydrogen (secondary N) is 2. The lowest BCUT2D eigenvalue weighted by Crippen LogP contribution is -2.41. The molecule has 0 radical (unpaired) electrons. The van der Waals surface area contributed by atoms with Gasteiger partial charge in [-0.15, -0.1) is 0 Å². The van der Waals surface area contributed by atoms with Gasteiger partial charge in [0, 0.05) is 42.4 Å². The van der Waals surface area contributed by atoms with Crippen molar-refractivity contribution in [3.05, 3.63) is 54.1 Å². The van der Waals surface area contributed by atoms with E-state index in [0.717, 1.165) is 0 Å². The summed E-state index contributed by atoms with van der Waals surface area (Å²) < 4.78 is 27.1. The number of carbonyl (C=O) groups is 3. The molecule has 9 heteroatoms. The van der Waals surface area contributed by atoms with Crippen molar-refractivity contribution >= 4 is 39.0 Å². The van der Waals surface area contributed by atoms with Gasteiger partial charge in [0.05, 0.1) is 4.90 Å². The van der Waals surface area contributed by atoms with Gasteiger partial charge in [-0.1, -0.05) is 19.1 Å². The van der Waals surface area contributed by atoms with Gasteiger partial charge in [-0.3, -0.25) is 14.4 Å². The predicted molar refractivity (Wildman–Crippen MR) is 122 cm³/mol. The largest absolute Gasteiger partial charge is 0.326 e. The van der Waals surface area contributed by atoms with Gasteiger partial charge in [-0.25, -0.2) is 8.42 Å². The van der Waals surface area contributed by atoms with E-state index in [1.54, 1.807) is 31.2 Å². The maximum Gasteiger partial charge on any atom is 0.243 e. The summed E-state index contributed by atoms with van der Waals surface area (Å²) in [6.07, 6.45) is 1.22. The summed E-state index contributed by atoms with van der Waals surface area (Å²) in [4.78, 5) is 35.6. The van der Waals surface area contributed by atoms with Crippen molar-refractivity contribution in [3.63, 3.8) is 0 Å². The summed E-state index contributed by atoms with van der Waals surface area (Å²) in [7, 11) is -3.67. The standard InChI is InChI=1S/C23H27N3O5S/c1-3-22(28)24-19-6-8-20(9-7-19)25-23(29)18-12-14-26(15-13-18)32(30,31)21-10-4-17(5-11-21)16(2)27/h4-11,18H,3,12-15H2,1-2H3,(H,24,28)(H,25,29). The van der Waals surface area contributed by atoms with Gasteiger partial charge in [-0.05, 0) is 56.2 Å². The molecule has 0 spiro atoms. The van der Waals surface area contributed by atoms with Gasteiger partial charge in [0.2, 0.25) is 21.8 Å². The smallest absolute Gasteiger partial charge is 0.243 e. The van der Waals surface area contributed by atoms with Crippen LogP contribution in [0.5, 0.6) is 0 Å². The van der Waals surface area contributed by atoms with Crippen LogP contribution in [-0.2, 0) is 19.6 Å². The molecule has 1 aliphatic rings. The van der Waals surface area contributed by atoms with Crippen LogP contribution in [0.4, 0.5) is 11.4 Å². The van der Waals surface area contributed by atoms with Gasteiger partial charge in [0.15, 0.2) is 5.78 Å². The number of amides is 2. The molecule has 170 valence electrons. The SMILES string of the molecule is CCC(=O)Nc1ccc(NC(=O)C2CCN(S(=O)(=O)c3ccc(C(C)=O)cc3)CC2)cc1. The minimum Gasteiger partial charge on any atom is -0.326 e. The topological polar surface area (TPSA) is 113 Å². The first kappa shape index (κ1) is 23.6. The number of Topliss-reactive ketones (excluding diaryl/α,β-unsaturated/α-hetero) is 1. The Bertz CT molecular complexity index is 1090. The number of hydrogen-bond donors (Lipinski definition) is 2. The summed E-state index contributed by atoms with van der Waals surface area (Å²) in [5.74, 6) is -0.654. The third-order valence-corrected chi connectivity index (χ3v) is 7.39. The molecule has 32 heavy (non-hydrogen) atoms. The van der Waals surface area contributed by atoms with E-state index in [1.165, 1.54) is 35.5 Å². The summed E-state index contributed by atoms with van der Waals surface area (Å²) >= 11 is 0. The first-order chi connectivity index (χ1) is 15.2. The summed E-state index contributed by atoms with van der Waals surface area (Å²) in [6, 6.07) is 12.8. The van der Waals surface area contributed by atoms with Crippen LogP contribution >= 0.6 is 0 Å². The van der Waals surface area contributed by atoms with Crippen molar-refractivity contribution < 1.29 is 22.8 Å². The lowest BCUT2D eigenvalue weighted by Gasteiger charge is -2.30. The monoisotopic (exact) mass is 457 g/mol. The minimum atomic E-state index is -3.67. The van der Waals surface area contributed by atoms with E-state index in [2.05, 4.69) is 10.6 Å². The number of benzene rings is 2. The van der Waals surface area contributed by atoms with Crippen LogP contribution in [0.1, 0.15) is 43.5 Å². The van der Waals surface area contributed by atoms with Crippen molar-refractivity contribution in [2.24, 2.45) is 5.92 Å². The highest BCUT2D eigenvalue weighted by molar-refractivity contribution is 7.89. The molecule has 0 unspecified atom stereocenters. The molecule has 2 amide bonds. The van der Waals surface area contributed by atoms with E-state index < -0.39 is 10.0 Å². The van der Waals surface area contributed by atoms with Gasteiger partial charge < -0.3 is 10.6 Å². The number of sulfonamides is 1. The summed E-state index contributed by atoms with van der Waals surface area (Å²) in [5, 5.41) is 5.60. The second-order valence-electron chi connectivity index (χ2n) is 7.73. The number of rotatable bonds is 7. The first-order valence-electron chi connectivity index (χ1n) is 10.5. The Kier molecular flexibility index (Phi) is 7.42. The fourth-order valence-corrected chi connectivity index (χ4v) is 4.97. The maximum atomic E-state index is 12.9. The van der Waals surface area contributed by atoms with Crippen LogP contribution in [-0.4, -0.2) is 43.4 Å². The lowest BCUT2D eigenvalue weighted by atomic mass is 9.97. The molecular formula is C23H27N3O5S. The fourth-order valence-electron chi connectivity index (χ4n) is 3.50. The van der Waals surface area contributed by atoms with E-state index in [4.69, 9.17) is 0 Å². The van der Waals surface area contributed by atoms with E-state index in [1.807, 2.05) is 0 Å². The molecule has 1 heterocycles. The highest BCUT2D eigenvalue weighted by atomic mass is 32.2. The number of anilines is 2. The van der Waals surface area contributed by atoms with Crippen molar-refractivity contribution in [2.45, 2.75) is 38.0 Å². The number of hydrogen-bond acceptors (Lipinski definition) is 5. The number of nitrogens with zero attached hydrogens (tertiary/aromatic N) is 1. The molecule has 8 nitrogen and oxygen atoms in total. The van der Waals surface area contributed by atoms with Crippen LogP contribution in [0.15, 0.2) is 53.4 Å². The van der Waals surface area contributed by atoms with Crippen LogP contribution in [0.25, 0.3) is 0 Å². The molecular weight excluding hydrogens is 430 g/mol. The average molecular weight is 458 g/mol. The van der Waals surface area contributed by atoms with Crippen LogP contribution in [0.2, 0.25) is 0 Å². The highest BCUT2D eigenvalue weighted by Gasteiger charge is 2.32.